The van der Waals surface area contributed by atoms with Gasteiger partial charge in [-0.05, 0) is 253 Å². The molecule has 0 radical (unpaired) electrons. The van der Waals surface area contributed by atoms with Gasteiger partial charge in [-0.1, -0.05) is 0 Å². The number of aliphatic carboxylic acids is 8. The number of hydrogen-bond acceptors (Lipinski definition) is 24. The van der Waals surface area contributed by atoms with Crippen LogP contribution in [0.4, 0.5) is 52.7 Å². The number of carbonyl (C=O) groups is 8. The molecule has 824 valence electrons. The second-order valence-corrected chi connectivity index (χ2v) is 49.2. The normalized spacial score (nSPS) is 25.9. The molecule has 8 rings (SSSR count). The molecule has 8 aliphatic heterocycles. The molecule has 0 aromatic carbocycles. The van der Waals surface area contributed by atoms with E-state index in [1.807, 2.05) is 102 Å². The highest BCUT2D eigenvalue weighted by Crippen LogP contribution is 2.41. The summed E-state index contributed by atoms with van der Waals surface area (Å²) in [5.74, 6) is -14.7. The van der Waals surface area contributed by atoms with Crippen molar-refractivity contribution in [3.8, 4) is 0 Å². The number of thioether (sulfide) groups is 4. The predicted molar refractivity (Wildman–Crippen MR) is 533 cm³/mol. The van der Waals surface area contributed by atoms with Crippen LogP contribution in [0.1, 0.15) is 229 Å². The number of halogens is 12. The van der Waals surface area contributed by atoms with E-state index in [2.05, 4.69) is 75.0 Å². The Kier molecular flexibility index (Phi) is 59.0. The number of alkyl halides is 12. The number of likely N-dealkylation sites (tertiary alicyclic amines) is 8. The molecular formula is C96H174F12N10O18S4. The fourth-order valence-electron chi connectivity index (χ4n) is 18.2. The molecule has 12 unspecified atom stereocenters. The van der Waals surface area contributed by atoms with Gasteiger partial charge in [-0.15, -0.1) is 47.0 Å². The van der Waals surface area contributed by atoms with Gasteiger partial charge in [0.15, 0.2) is 0 Å². The minimum atomic E-state index is -2.67. The van der Waals surface area contributed by atoms with E-state index in [9.17, 15) is 91.0 Å². The molecular weight excluding hydrogens is 1940 g/mol. The Hall–Kier alpha value is -4.16. The van der Waals surface area contributed by atoms with Crippen molar-refractivity contribution in [2.75, 3.05) is 191 Å². The number of carboxylic acid groups (broad SMARTS) is 8. The van der Waals surface area contributed by atoms with Gasteiger partial charge in [0.25, 0.3) is 23.7 Å². The van der Waals surface area contributed by atoms with Gasteiger partial charge in [0.2, 0.25) is 0 Å². The number of rotatable bonds is 34. The highest BCUT2D eigenvalue weighted by Gasteiger charge is 2.49. The molecule has 8 aliphatic rings. The summed E-state index contributed by atoms with van der Waals surface area (Å²) in [4.78, 5) is 103. The molecule has 28 nitrogen and oxygen atoms in total. The van der Waals surface area contributed by atoms with E-state index in [0.717, 1.165) is 37.4 Å². The van der Waals surface area contributed by atoms with Crippen molar-refractivity contribution in [2.24, 2.45) is 23.7 Å². The van der Waals surface area contributed by atoms with Crippen LogP contribution in [-0.2, 0) is 47.8 Å². The first kappa shape index (κ1) is 134. The maximum absolute atomic E-state index is 13.7. The molecule has 12 atom stereocenters. The largest absolute Gasteiger partial charge is 0.481 e. The highest BCUT2D eigenvalue weighted by atomic mass is 32.2. The molecule has 0 aliphatic carbocycles. The van der Waals surface area contributed by atoms with Gasteiger partial charge in [0.05, 0.1) is 75.5 Å². The predicted octanol–water partition coefficient (Wildman–Crippen LogP) is 16.0. The zero-order valence-corrected chi connectivity index (χ0v) is 90.9. The van der Waals surface area contributed by atoms with Gasteiger partial charge in [0, 0.05) is 172 Å². The molecule has 0 aromatic heterocycles. The summed E-state index contributed by atoms with van der Waals surface area (Å²) < 4.78 is 173. The zero-order valence-electron chi connectivity index (χ0n) is 87.7. The molecule has 8 heterocycles. The van der Waals surface area contributed by atoms with Crippen molar-refractivity contribution in [3.63, 3.8) is 0 Å². The van der Waals surface area contributed by atoms with Crippen molar-refractivity contribution >= 4 is 94.8 Å². The van der Waals surface area contributed by atoms with Crippen LogP contribution in [0.25, 0.3) is 0 Å². The third kappa shape index (κ3) is 59.1. The second kappa shape index (κ2) is 61.7. The maximum atomic E-state index is 13.7. The average molecular weight is 2110 g/mol. The Labute approximate surface area is 842 Å². The van der Waals surface area contributed by atoms with Crippen molar-refractivity contribution in [1.29, 1.82) is 0 Å². The molecule has 0 amide bonds. The summed E-state index contributed by atoms with van der Waals surface area (Å²) in [6, 6.07) is 0.731. The van der Waals surface area contributed by atoms with Gasteiger partial charge >= 0.3 is 47.8 Å². The minimum Gasteiger partial charge on any atom is -0.481 e. The minimum absolute atomic E-state index is 0.0134. The van der Waals surface area contributed by atoms with Gasteiger partial charge in [-0.3, -0.25) is 77.8 Å². The molecule has 44 heteroatoms. The Bertz CT molecular complexity index is 3510. The van der Waals surface area contributed by atoms with E-state index < -0.39 is 96.1 Å². The fraction of sp³-hybridized carbons (Fsp3) is 0.917. The summed E-state index contributed by atoms with van der Waals surface area (Å²) in [6.07, 6.45) is 0.910. The van der Waals surface area contributed by atoms with E-state index in [1.54, 1.807) is 38.6 Å². The maximum Gasteiger partial charge on any atom is 0.329 e. The number of nitrogens with zero attached hydrogens (tertiary/aromatic N) is 10. The Balaban J connectivity index is 0.000000800. The number of carboxylic acids is 8. The molecule has 8 fully saturated rings. The van der Waals surface area contributed by atoms with Crippen molar-refractivity contribution in [2.45, 2.75) is 347 Å². The van der Waals surface area contributed by atoms with Crippen molar-refractivity contribution in [3.05, 3.63) is 0 Å². The Morgan fingerprint density at radius 1 is 0.336 bits per heavy atom. The number of piperidine rings is 8. The van der Waals surface area contributed by atoms with Gasteiger partial charge < -0.3 is 50.3 Å². The first-order valence-electron chi connectivity index (χ1n) is 48.5. The van der Waals surface area contributed by atoms with E-state index >= 15 is 0 Å². The fourth-order valence-corrected chi connectivity index (χ4v) is 21.7. The summed E-state index contributed by atoms with van der Waals surface area (Å²) in [5.41, 5.74) is -1.18. The van der Waals surface area contributed by atoms with Crippen molar-refractivity contribution < 1.29 is 141 Å². The molecule has 0 bridgehead atoms. The van der Waals surface area contributed by atoms with Crippen LogP contribution < -0.4 is 0 Å². The van der Waals surface area contributed by atoms with E-state index in [-0.39, 0.29) is 189 Å². The molecule has 8 saturated heterocycles. The molecule has 140 heavy (non-hydrogen) atoms. The SMILES string of the molecule is CC(C)(C)N1CC(CSCC(=O)O)CC(F)(F)C1.CC(C)(C)N1CC(F)(F)CCC1COCC(=O)O.CC(C)(C)N1CC(F)(F)CCC1CSCC(=O)O.CC(C)(C)N1CC(F)CC(CSCC(=O)O)C1.CC(C)(C)N1CC(F)CCC1COCC(=O)O.CC(C)(C)N1CC(F)CCC1CSCC(=O)O.CC(C)N1CC(CN(C)CC(=O)O)CC(F)(F)C1.CC(C)N1CC(F)CC(CN(C)CC(=O)O)C1. The first-order chi connectivity index (χ1) is 63.8. The summed E-state index contributed by atoms with van der Waals surface area (Å²) >= 11 is 5.34. The summed E-state index contributed by atoms with van der Waals surface area (Å²) in [7, 11) is 3.43. The van der Waals surface area contributed by atoms with E-state index in [0.29, 0.717) is 121 Å². The van der Waals surface area contributed by atoms with Crippen LogP contribution >= 0.6 is 47.0 Å². The molecule has 0 spiro atoms. The Morgan fingerprint density at radius 2 is 0.664 bits per heavy atom. The van der Waals surface area contributed by atoms with Gasteiger partial charge in [-0.25, -0.2) is 62.3 Å². The lowest BCUT2D eigenvalue weighted by Gasteiger charge is -2.47. The highest BCUT2D eigenvalue weighted by molar-refractivity contribution is 8.00. The quantitative estimate of drug-likeness (QED) is 0.0277. The van der Waals surface area contributed by atoms with Crippen LogP contribution in [-0.4, -0.2) is 447 Å². The summed E-state index contributed by atoms with van der Waals surface area (Å²) in [6.45, 7) is 48.5. The van der Waals surface area contributed by atoms with E-state index in [1.165, 1.54) is 47.0 Å². The summed E-state index contributed by atoms with van der Waals surface area (Å²) in [5, 5.41) is 68.7. The van der Waals surface area contributed by atoms with Crippen molar-refractivity contribution in [1.82, 2.24) is 49.0 Å². The molecule has 8 N–H and O–H groups in total. The van der Waals surface area contributed by atoms with Crippen LogP contribution in [0.5, 0.6) is 0 Å². The van der Waals surface area contributed by atoms with Crippen LogP contribution in [0, 0.1) is 23.7 Å². The third-order valence-electron chi connectivity index (χ3n) is 24.7. The molecule has 0 saturated carbocycles. The van der Waals surface area contributed by atoms with Crippen LogP contribution in [0.2, 0.25) is 0 Å². The Morgan fingerprint density at radius 3 is 1.06 bits per heavy atom. The third-order valence-corrected chi connectivity index (χ3v) is 29.2. The van der Waals surface area contributed by atoms with Crippen LogP contribution in [0.15, 0.2) is 0 Å². The average Bonchev–Trinajstić information content (AvgIpc) is 0.798. The monoisotopic (exact) mass is 2110 g/mol. The lowest BCUT2D eigenvalue weighted by molar-refractivity contribution is -0.147. The van der Waals surface area contributed by atoms with Gasteiger partial charge in [-0.2, -0.15) is 0 Å². The number of hydrogen-bond donors (Lipinski definition) is 8. The number of likely N-dealkylation sites (N-methyl/N-ethyl adjacent to an activating group) is 2. The lowest BCUT2D eigenvalue weighted by atomic mass is 9.92. The second-order valence-electron chi connectivity index (χ2n) is 45.1. The number of ether oxygens (including phenoxy) is 2. The lowest BCUT2D eigenvalue weighted by Crippen LogP contribution is -2.57. The first-order valence-corrected chi connectivity index (χ1v) is 53.1. The standard InChI is InChI=1S/C12H22F2N2O2.C12H21F2NO3.2C12H21F2NO2S.C12H23FN2O2.C12H22FNO3.2C12H22FNO2S/c1-9(2)16-6-10(4-12(13,14)8-16)5-15(3)7-11(17)18;1-11(2,3)15-8-12(13,14)5-4-9(15)6-18-7-10(16)17;1-11(2,3)15-5-9(4-12(13,14)8-15)6-18-7-10(16)17;1-11(2,3)15-8-12(13,14)5-4-9(15)6-18-7-10(16)17;1-9(2)15-6-10(4-11(13)7-15)5-14(3)8-12(16)17;1-12(2,3)14-6-9(13)4-5-10(14)7-17-8-11(15)16;1-12(2,3)14-5-9(4-10(13)6-14)7-17-8-11(15)16;1-12(2,3)14-6-9(13)4-5-10(14)7-17-8-11(15)16/h9-10H,4-8H2,1-3H3,(H,17,18);3*9H,4-8H2,1-3H3,(H,16,17);9-11H,4-8H2,1-3H3,(H,16,17);3*9-10H,4-8H2,1-3H3,(H,15,16). The van der Waals surface area contributed by atoms with Crippen LogP contribution in [0.3, 0.4) is 0 Å². The van der Waals surface area contributed by atoms with E-state index in [4.69, 9.17) is 50.3 Å². The zero-order chi connectivity index (χ0) is 108. The smallest absolute Gasteiger partial charge is 0.329 e. The topological polar surface area (TPSA) is 349 Å². The molecule has 0 aromatic rings. The van der Waals surface area contributed by atoms with Gasteiger partial charge in [0.1, 0.15) is 37.9 Å².